The molecular formula is C10H10O. The van der Waals surface area contributed by atoms with E-state index in [1.807, 2.05) is 19.9 Å². The fourth-order valence-electron chi connectivity index (χ4n) is 0.989. The number of aryl methyl sites for hydroxylation is 1. The molecule has 1 N–H and O–H groups in total. The Morgan fingerprint density at radius 2 is 2.00 bits per heavy atom. The van der Waals surface area contributed by atoms with Crippen molar-refractivity contribution in [1.29, 1.82) is 0 Å². The number of hydrogen-bond donors (Lipinski definition) is 1. The summed E-state index contributed by atoms with van der Waals surface area (Å²) < 4.78 is 0. The number of benzene rings is 1. The maximum absolute atomic E-state index is 9.32. The molecule has 0 saturated carbocycles. The van der Waals surface area contributed by atoms with Crippen LogP contribution in [0.4, 0.5) is 0 Å². The molecule has 0 heterocycles. The van der Waals surface area contributed by atoms with Crippen LogP contribution in [0.2, 0.25) is 0 Å². The van der Waals surface area contributed by atoms with Crippen molar-refractivity contribution in [3.63, 3.8) is 0 Å². The van der Waals surface area contributed by atoms with E-state index in [-0.39, 0.29) is 5.75 Å². The summed E-state index contributed by atoms with van der Waals surface area (Å²) in [5.41, 5.74) is 2.53. The molecule has 0 aliphatic heterocycles. The predicted molar refractivity (Wildman–Crippen MR) is 45.5 cm³/mol. The molecule has 0 atom stereocenters. The van der Waals surface area contributed by atoms with Crippen LogP contribution in [0.15, 0.2) is 12.1 Å². The summed E-state index contributed by atoms with van der Waals surface area (Å²) in [5, 5.41) is 9.32. The van der Waals surface area contributed by atoms with E-state index in [1.54, 1.807) is 6.07 Å². The zero-order chi connectivity index (χ0) is 8.43. The van der Waals surface area contributed by atoms with Crippen LogP contribution in [0.3, 0.4) is 0 Å². The summed E-state index contributed by atoms with van der Waals surface area (Å²) in [5.74, 6) is 2.79. The van der Waals surface area contributed by atoms with Gasteiger partial charge in [0.15, 0.2) is 0 Å². The molecule has 0 bridgehead atoms. The highest BCUT2D eigenvalue weighted by molar-refractivity contribution is 5.48. The van der Waals surface area contributed by atoms with E-state index in [4.69, 9.17) is 6.42 Å². The Bertz CT molecular complexity index is 318. The molecule has 1 rings (SSSR count). The average Bonchev–Trinajstić information content (AvgIpc) is 1.96. The zero-order valence-electron chi connectivity index (χ0n) is 6.68. The second-order valence-corrected chi connectivity index (χ2v) is 2.60. The lowest BCUT2D eigenvalue weighted by Crippen LogP contribution is -1.84. The maximum atomic E-state index is 9.32. The molecular weight excluding hydrogens is 136 g/mol. The maximum Gasteiger partial charge on any atom is 0.119 e. The molecule has 1 heteroatoms. The van der Waals surface area contributed by atoms with Gasteiger partial charge < -0.3 is 5.11 Å². The molecule has 0 radical (unpaired) electrons. The van der Waals surface area contributed by atoms with Gasteiger partial charge in [0.05, 0.1) is 0 Å². The normalized spacial score (nSPS) is 9.18. The van der Waals surface area contributed by atoms with E-state index in [9.17, 15) is 5.11 Å². The fourth-order valence-corrected chi connectivity index (χ4v) is 0.989. The zero-order valence-corrected chi connectivity index (χ0v) is 6.68. The molecule has 0 aliphatic rings. The Kier molecular flexibility index (Phi) is 1.87. The minimum atomic E-state index is 0.276. The number of rotatable bonds is 0. The van der Waals surface area contributed by atoms with Crippen LogP contribution < -0.4 is 0 Å². The summed E-state index contributed by atoms with van der Waals surface area (Å²) in [6.07, 6.45) is 5.23. The third kappa shape index (κ3) is 1.35. The number of phenols is 1. The first kappa shape index (κ1) is 7.68. The molecule has 1 aromatic rings. The van der Waals surface area contributed by atoms with E-state index < -0.39 is 0 Å². The molecule has 1 nitrogen and oxygen atoms in total. The summed E-state index contributed by atoms with van der Waals surface area (Å²) in [4.78, 5) is 0. The summed E-state index contributed by atoms with van der Waals surface area (Å²) in [6, 6.07) is 3.59. The van der Waals surface area contributed by atoms with E-state index in [1.165, 1.54) is 0 Å². The van der Waals surface area contributed by atoms with Crippen molar-refractivity contribution in [3.8, 4) is 18.1 Å². The minimum Gasteiger partial charge on any atom is -0.508 e. The molecule has 0 aromatic heterocycles. The predicted octanol–water partition coefficient (Wildman–Crippen LogP) is 1.99. The van der Waals surface area contributed by atoms with Crippen LogP contribution in [-0.4, -0.2) is 5.11 Å². The van der Waals surface area contributed by atoms with E-state index >= 15 is 0 Å². The van der Waals surface area contributed by atoms with Gasteiger partial charge in [-0.15, -0.1) is 6.42 Å². The third-order valence-electron chi connectivity index (χ3n) is 1.68. The SMILES string of the molecule is C#Cc1cc(C)cc(O)c1C. The smallest absolute Gasteiger partial charge is 0.119 e. The summed E-state index contributed by atoms with van der Waals surface area (Å²) >= 11 is 0. The number of hydrogen-bond acceptors (Lipinski definition) is 1. The quantitative estimate of drug-likeness (QED) is 0.555. The van der Waals surface area contributed by atoms with Crippen molar-refractivity contribution in [3.05, 3.63) is 28.8 Å². The molecule has 0 spiro atoms. The van der Waals surface area contributed by atoms with Crippen molar-refractivity contribution >= 4 is 0 Å². The Morgan fingerprint density at radius 1 is 1.36 bits per heavy atom. The second kappa shape index (κ2) is 2.67. The van der Waals surface area contributed by atoms with Crippen LogP contribution in [0, 0.1) is 26.2 Å². The van der Waals surface area contributed by atoms with Crippen LogP contribution in [0.25, 0.3) is 0 Å². The van der Waals surface area contributed by atoms with Crippen molar-refractivity contribution < 1.29 is 5.11 Å². The lowest BCUT2D eigenvalue weighted by atomic mass is 10.1. The second-order valence-electron chi connectivity index (χ2n) is 2.60. The third-order valence-corrected chi connectivity index (χ3v) is 1.68. The van der Waals surface area contributed by atoms with Crippen molar-refractivity contribution in [2.75, 3.05) is 0 Å². The lowest BCUT2D eigenvalue weighted by molar-refractivity contribution is 0.470. The van der Waals surface area contributed by atoms with E-state index in [0.717, 1.165) is 16.7 Å². The van der Waals surface area contributed by atoms with Gasteiger partial charge in [0.1, 0.15) is 5.75 Å². The Morgan fingerprint density at radius 3 is 2.55 bits per heavy atom. The van der Waals surface area contributed by atoms with Gasteiger partial charge >= 0.3 is 0 Å². The van der Waals surface area contributed by atoms with E-state index in [2.05, 4.69) is 5.92 Å². The highest BCUT2D eigenvalue weighted by atomic mass is 16.3. The van der Waals surface area contributed by atoms with Crippen LogP contribution in [0.5, 0.6) is 5.75 Å². The molecule has 56 valence electrons. The molecule has 0 aliphatic carbocycles. The summed E-state index contributed by atoms with van der Waals surface area (Å²) in [6.45, 7) is 3.71. The van der Waals surface area contributed by atoms with Crippen LogP contribution in [0.1, 0.15) is 16.7 Å². The largest absolute Gasteiger partial charge is 0.508 e. The van der Waals surface area contributed by atoms with Gasteiger partial charge in [0.25, 0.3) is 0 Å². The molecule has 0 amide bonds. The molecule has 1 aromatic carbocycles. The minimum absolute atomic E-state index is 0.276. The Balaban J connectivity index is 3.39. The van der Waals surface area contributed by atoms with Gasteiger partial charge in [-0.3, -0.25) is 0 Å². The number of terminal acetylenes is 1. The van der Waals surface area contributed by atoms with Gasteiger partial charge in [-0.2, -0.15) is 0 Å². The molecule has 0 fully saturated rings. The molecule has 0 saturated heterocycles. The Labute approximate surface area is 66.7 Å². The van der Waals surface area contributed by atoms with Crippen molar-refractivity contribution in [2.24, 2.45) is 0 Å². The standard InChI is InChI=1S/C10H10O/c1-4-9-5-7(2)6-10(11)8(9)3/h1,5-6,11H,2-3H3. The van der Waals surface area contributed by atoms with Crippen LogP contribution >= 0.6 is 0 Å². The Hall–Kier alpha value is -1.42. The van der Waals surface area contributed by atoms with Gasteiger partial charge in [-0.25, -0.2) is 0 Å². The van der Waals surface area contributed by atoms with Crippen molar-refractivity contribution in [1.82, 2.24) is 0 Å². The lowest BCUT2D eigenvalue weighted by Gasteiger charge is -2.02. The number of phenolic OH excluding ortho intramolecular Hbond substituents is 1. The first-order valence-electron chi connectivity index (χ1n) is 3.42. The van der Waals surface area contributed by atoms with Crippen molar-refractivity contribution in [2.45, 2.75) is 13.8 Å². The highest BCUT2D eigenvalue weighted by Crippen LogP contribution is 2.21. The highest BCUT2D eigenvalue weighted by Gasteiger charge is 2.00. The van der Waals surface area contributed by atoms with Gasteiger partial charge in [0.2, 0.25) is 0 Å². The number of aromatic hydroxyl groups is 1. The van der Waals surface area contributed by atoms with Gasteiger partial charge in [-0.05, 0) is 31.5 Å². The summed E-state index contributed by atoms with van der Waals surface area (Å²) in [7, 11) is 0. The van der Waals surface area contributed by atoms with Gasteiger partial charge in [-0.1, -0.05) is 5.92 Å². The van der Waals surface area contributed by atoms with Gasteiger partial charge in [0, 0.05) is 11.1 Å². The van der Waals surface area contributed by atoms with E-state index in [0.29, 0.717) is 0 Å². The topological polar surface area (TPSA) is 20.2 Å². The first-order chi connectivity index (χ1) is 5.15. The fraction of sp³-hybridized carbons (Fsp3) is 0.200. The molecule has 0 unspecified atom stereocenters. The molecule has 11 heavy (non-hydrogen) atoms. The monoisotopic (exact) mass is 146 g/mol. The van der Waals surface area contributed by atoms with Crippen LogP contribution in [-0.2, 0) is 0 Å². The first-order valence-corrected chi connectivity index (χ1v) is 3.42. The average molecular weight is 146 g/mol.